The first-order valence-electron chi connectivity index (χ1n) is 4.13. The van der Waals surface area contributed by atoms with Crippen LogP contribution in [0.1, 0.15) is 19.5 Å². The Kier molecular flexibility index (Phi) is 2.80. The predicted octanol–water partition coefficient (Wildman–Crippen LogP) is 2.06. The zero-order valence-corrected chi connectivity index (χ0v) is 7.65. The molecule has 0 aromatic carbocycles. The molecule has 0 amide bonds. The van der Waals surface area contributed by atoms with Crippen molar-refractivity contribution >= 4 is 5.65 Å². The largest absolute Gasteiger partial charge is 0.235 e. The van der Waals surface area contributed by atoms with E-state index in [0.717, 1.165) is 11.3 Å². The van der Waals surface area contributed by atoms with Gasteiger partial charge < -0.3 is 0 Å². The van der Waals surface area contributed by atoms with Crippen molar-refractivity contribution < 1.29 is 0 Å². The number of fused-ring (bicyclic) bond motifs is 1. The highest BCUT2D eigenvalue weighted by molar-refractivity contribution is 5.36. The Hall–Kier alpha value is -1.38. The zero-order valence-electron chi connectivity index (χ0n) is 7.65. The molecular formula is C9H13N3. The quantitative estimate of drug-likeness (QED) is 0.595. The average molecular weight is 163 g/mol. The van der Waals surface area contributed by atoms with Gasteiger partial charge in [0.05, 0.1) is 11.9 Å². The van der Waals surface area contributed by atoms with E-state index in [1.54, 1.807) is 10.7 Å². The summed E-state index contributed by atoms with van der Waals surface area (Å²) in [5.74, 6) is 0. The molecule has 0 unspecified atom stereocenters. The van der Waals surface area contributed by atoms with Gasteiger partial charge in [0, 0.05) is 6.20 Å². The lowest BCUT2D eigenvalue weighted by atomic mass is 10.5. The van der Waals surface area contributed by atoms with Crippen molar-refractivity contribution in [1.82, 2.24) is 14.6 Å². The molecule has 0 saturated heterocycles. The van der Waals surface area contributed by atoms with Crippen molar-refractivity contribution in [2.24, 2.45) is 0 Å². The first-order valence-corrected chi connectivity index (χ1v) is 4.13. The van der Waals surface area contributed by atoms with Crippen LogP contribution in [-0.4, -0.2) is 14.6 Å². The summed E-state index contributed by atoms with van der Waals surface area (Å²) < 4.78 is 1.81. The molecule has 0 atom stereocenters. The molecule has 2 heterocycles. The third-order valence-electron chi connectivity index (χ3n) is 1.45. The van der Waals surface area contributed by atoms with E-state index in [0.29, 0.717) is 0 Å². The molecule has 2 aromatic rings. The van der Waals surface area contributed by atoms with Gasteiger partial charge in [-0.15, -0.1) is 0 Å². The summed E-state index contributed by atoms with van der Waals surface area (Å²) in [7, 11) is 0. The molecule has 0 radical (unpaired) electrons. The minimum atomic E-state index is 0.903. The number of aromatic nitrogens is 3. The van der Waals surface area contributed by atoms with Gasteiger partial charge in [0.25, 0.3) is 0 Å². The van der Waals surface area contributed by atoms with Crippen LogP contribution in [0.2, 0.25) is 0 Å². The summed E-state index contributed by atoms with van der Waals surface area (Å²) in [4.78, 5) is 4.12. The van der Waals surface area contributed by atoms with E-state index in [9.17, 15) is 0 Å². The second-order valence-electron chi connectivity index (χ2n) is 2.19. The molecule has 0 saturated carbocycles. The molecule has 64 valence electrons. The number of hydrogen-bond donors (Lipinski definition) is 0. The normalized spacial score (nSPS) is 9.25. The van der Waals surface area contributed by atoms with Crippen LogP contribution in [-0.2, 0) is 0 Å². The lowest BCUT2D eigenvalue weighted by Gasteiger charge is -1.90. The monoisotopic (exact) mass is 163 g/mol. The van der Waals surface area contributed by atoms with Crippen LogP contribution in [0.5, 0.6) is 0 Å². The van der Waals surface area contributed by atoms with Gasteiger partial charge in [-0.3, -0.25) is 0 Å². The minimum absolute atomic E-state index is 0.903. The predicted molar refractivity (Wildman–Crippen MR) is 49.1 cm³/mol. The second-order valence-corrected chi connectivity index (χ2v) is 2.19. The van der Waals surface area contributed by atoms with Gasteiger partial charge in [-0.2, -0.15) is 5.10 Å². The van der Waals surface area contributed by atoms with E-state index >= 15 is 0 Å². The van der Waals surface area contributed by atoms with Gasteiger partial charge in [0.2, 0.25) is 0 Å². The van der Waals surface area contributed by atoms with Gasteiger partial charge >= 0.3 is 0 Å². The standard InChI is InChI=1S/C7H7N3.C2H6/c1-6-5-8-7-3-2-4-9-10(6)7;1-2/h2-5H,1H3;1-2H3. The zero-order chi connectivity index (χ0) is 8.97. The summed E-state index contributed by atoms with van der Waals surface area (Å²) in [6.45, 7) is 5.98. The number of hydrogen-bond acceptors (Lipinski definition) is 2. The number of imidazole rings is 1. The van der Waals surface area contributed by atoms with E-state index in [1.807, 2.05) is 39.1 Å². The van der Waals surface area contributed by atoms with Crippen molar-refractivity contribution in [2.75, 3.05) is 0 Å². The van der Waals surface area contributed by atoms with Crippen molar-refractivity contribution in [3.8, 4) is 0 Å². The Balaban J connectivity index is 0.000000336. The summed E-state index contributed by atoms with van der Waals surface area (Å²) in [5.41, 5.74) is 1.97. The van der Waals surface area contributed by atoms with Crippen LogP contribution in [0, 0.1) is 6.92 Å². The summed E-state index contributed by atoms with van der Waals surface area (Å²) in [6, 6.07) is 3.81. The van der Waals surface area contributed by atoms with E-state index in [4.69, 9.17) is 0 Å². The van der Waals surface area contributed by atoms with Gasteiger partial charge in [-0.25, -0.2) is 9.50 Å². The van der Waals surface area contributed by atoms with Crippen LogP contribution in [0.4, 0.5) is 0 Å². The maximum atomic E-state index is 4.12. The van der Waals surface area contributed by atoms with Crippen molar-refractivity contribution in [1.29, 1.82) is 0 Å². The Morgan fingerprint density at radius 1 is 1.33 bits per heavy atom. The molecule has 0 aliphatic carbocycles. The molecule has 0 N–H and O–H groups in total. The van der Waals surface area contributed by atoms with Crippen LogP contribution in [0.3, 0.4) is 0 Å². The molecule has 12 heavy (non-hydrogen) atoms. The van der Waals surface area contributed by atoms with Crippen LogP contribution in [0.25, 0.3) is 5.65 Å². The lowest BCUT2D eigenvalue weighted by Crippen LogP contribution is -1.90. The van der Waals surface area contributed by atoms with Crippen LogP contribution in [0.15, 0.2) is 24.5 Å². The number of nitrogens with zero attached hydrogens (tertiary/aromatic N) is 3. The Morgan fingerprint density at radius 3 is 2.75 bits per heavy atom. The molecule has 3 heteroatoms. The third-order valence-corrected chi connectivity index (χ3v) is 1.45. The molecular weight excluding hydrogens is 150 g/mol. The van der Waals surface area contributed by atoms with Gasteiger partial charge in [-0.05, 0) is 19.1 Å². The maximum absolute atomic E-state index is 4.12. The van der Waals surface area contributed by atoms with Gasteiger partial charge in [0.15, 0.2) is 5.65 Å². The summed E-state index contributed by atoms with van der Waals surface area (Å²) in [5, 5.41) is 4.09. The van der Waals surface area contributed by atoms with Crippen molar-refractivity contribution in [3.05, 3.63) is 30.2 Å². The molecule has 0 spiro atoms. The van der Waals surface area contributed by atoms with Gasteiger partial charge in [-0.1, -0.05) is 13.8 Å². The Labute approximate surface area is 72.1 Å². The summed E-state index contributed by atoms with van der Waals surface area (Å²) in [6.07, 6.45) is 3.56. The van der Waals surface area contributed by atoms with E-state index in [2.05, 4.69) is 10.1 Å². The summed E-state index contributed by atoms with van der Waals surface area (Å²) >= 11 is 0. The van der Waals surface area contributed by atoms with E-state index in [-0.39, 0.29) is 0 Å². The molecule has 0 aliphatic heterocycles. The maximum Gasteiger partial charge on any atom is 0.153 e. The molecule has 2 aromatic heterocycles. The fraction of sp³-hybridized carbons (Fsp3) is 0.333. The highest BCUT2D eigenvalue weighted by atomic mass is 15.2. The van der Waals surface area contributed by atoms with Crippen molar-refractivity contribution in [2.45, 2.75) is 20.8 Å². The third kappa shape index (κ3) is 1.44. The molecule has 2 rings (SSSR count). The SMILES string of the molecule is CC.Cc1cnc2cccnn12. The first kappa shape index (κ1) is 8.71. The molecule has 0 fully saturated rings. The highest BCUT2D eigenvalue weighted by Crippen LogP contribution is 2.00. The van der Waals surface area contributed by atoms with Gasteiger partial charge in [0.1, 0.15) is 0 Å². The fourth-order valence-corrected chi connectivity index (χ4v) is 0.948. The average Bonchev–Trinajstić information content (AvgIpc) is 2.53. The number of rotatable bonds is 0. The second kappa shape index (κ2) is 3.85. The highest BCUT2D eigenvalue weighted by Gasteiger charge is 1.94. The molecule has 0 bridgehead atoms. The fourth-order valence-electron chi connectivity index (χ4n) is 0.948. The Bertz CT molecular complexity index is 351. The minimum Gasteiger partial charge on any atom is -0.235 e. The number of aryl methyl sites for hydroxylation is 1. The lowest BCUT2D eigenvalue weighted by molar-refractivity contribution is 0.899. The molecule has 0 aliphatic rings. The molecule has 3 nitrogen and oxygen atoms in total. The first-order chi connectivity index (χ1) is 5.88. The van der Waals surface area contributed by atoms with E-state index < -0.39 is 0 Å². The van der Waals surface area contributed by atoms with Crippen LogP contribution < -0.4 is 0 Å². The van der Waals surface area contributed by atoms with E-state index in [1.165, 1.54) is 0 Å². The smallest absolute Gasteiger partial charge is 0.153 e. The topological polar surface area (TPSA) is 30.2 Å². The van der Waals surface area contributed by atoms with Crippen molar-refractivity contribution in [3.63, 3.8) is 0 Å². The van der Waals surface area contributed by atoms with Crippen LogP contribution >= 0.6 is 0 Å². The Morgan fingerprint density at radius 2 is 2.08 bits per heavy atom.